The van der Waals surface area contributed by atoms with Gasteiger partial charge in [-0.05, 0) is 63.2 Å². The number of aliphatic imine (C=N–C) groups is 1. The van der Waals surface area contributed by atoms with Gasteiger partial charge >= 0.3 is 0 Å². The summed E-state index contributed by atoms with van der Waals surface area (Å²) < 4.78 is 0. The van der Waals surface area contributed by atoms with Crippen molar-refractivity contribution in [3.05, 3.63) is 84.4 Å². The fourth-order valence-corrected chi connectivity index (χ4v) is 2.93. The van der Waals surface area contributed by atoms with Crippen LogP contribution in [-0.2, 0) is 4.79 Å². The molecule has 2 aromatic rings. The van der Waals surface area contributed by atoms with Crippen LogP contribution in [0.4, 0.5) is 5.82 Å². The third kappa shape index (κ3) is 13.6. The molecule has 0 saturated carbocycles. The van der Waals surface area contributed by atoms with Crippen LogP contribution in [0.2, 0.25) is 0 Å². The SMILES string of the molecule is C=C(C=N/C=C\C)CCNC.CC.CCC=O.CNc1nc(C2=CC(O)C=CC=C2)nc2cc(C)ccc12. The number of nitrogens with zero attached hydrogens (tertiary/aromatic N) is 3. The number of aliphatic hydroxyl groups excluding tert-OH is 1. The van der Waals surface area contributed by atoms with E-state index >= 15 is 0 Å². The molecule has 3 N–H and O–H groups in total. The lowest BCUT2D eigenvalue weighted by Crippen LogP contribution is -2.08. The summed E-state index contributed by atoms with van der Waals surface area (Å²) in [4.78, 5) is 22.4. The second-order valence-corrected chi connectivity index (χ2v) is 7.87. The summed E-state index contributed by atoms with van der Waals surface area (Å²) in [5, 5.41) is 17.0. The third-order valence-electron chi connectivity index (χ3n) is 4.75. The first kappa shape index (κ1) is 34.3. The van der Waals surface area contributed by atoms with Crippen LogP contribution in [0, 0.1) is 6.92 Å². The van der Waals surface area contributed by atoms with Crippen LogP contribution in [0.15, 0.2) is 78.0 Å². The number of nitrogens with one attached hydrogen (secondary N) is 2. The third-order valence-corrected chi connectivity index (χ3v) is 4.75. The van der Waals surface area contributed by atoms with Gasteiger partial charge in [0.25, 0.3) is 0 Å². The minimum Gasteiger partial charge on any atom is -0.385 e. The van der Waals surface area contributed by atoms with Crippen molar-refractivity contribution < 1.29 is 9.90 Å². The molecule has 1 aromatic heterocycles. The van der Waals surface area contributed by atoms with Gasteiger partial charge in [0.1, 0.15) is 12.1 Å². The molecule has 3 rings (SSSR count). The lowest BCUT2D eigenvalue weighted by Gasteiger charge is -2.09. The number of aldehydes is 1. The molecule has 1 atom stereocenters. The molecule has 0 fully saturated rings. The number of allylic oxidation sites excluding steroid dienone is 5. The lowest BCUT2D eigenvalue weighted by atomic mass is 10.1. The quantitative estimate of drug-likeness (QED) is 0.282. The van der Waals surface area contributed by atoms with E-state index in [1.165, 1.54) is 0 Å². The number of aliphatic hydroxyl groups is 1. The number of carbonyl (C=O) groups is 1. The van der Waals surface area contributed by atoms with Crippen LogP contribution >= 0.6 is 0 Å². The molecule has 206 valence electrons. The minimum absolute atomic E-state index is 0.608. The van der Waals surface area contributed by atoms with E-state index in [4.69, 9.17) is 0 Å². The molecule has 7 nitrogen and oxygen atoms in total. The van der Waals surface area contributed by atoms with E-state index in [-0.39, 0.29) is 0 Å². The summed E-state index contributed by atoms with van der Waals surface area (Å²) in [7, 11) is 3.77. The van der Waals surface area contributed by atoms with Crippen molar-refractivity contribution in [2.24, 2.45) is 4.99 Å². The average molecular weight is 520 g/mol. The lowest BCUT2D eigenvalue weighted by molar-refractivity contribution is -0.107. The molecule has 0 aliphatic heterocycles. The second-order valence-electron chi connectivity index (χ2n) is 7.87. The van der Waals surface area contributed by atoms with Crippen molar-refractivity contribution in [1.82, 2.24) is 15.3 Å². The zero-order valence-corrected chi connectivity index (χ0v) is 24.0. The second kappa shape index (κ2) is 21.4. The number of aryl methyl sites for hydroxylation is 1. The van der Waals surface area contributed by atoms with Gasteiger partial charge in [0.05, 0.1) is 11.6 Å². The molecule has 38 heavy (non-hydrogen) atoms. The van der Waals surface area contributed by atoms with E-state index < -0.39 is 6.10 Å². The fraction of sp³-hybridized carbons (Fsp3) is 0.355. The number of benzene rings is 1. The van der Waals surface area contributed by atoms with Gasteiger partial charge in [0, 0.05) is 36.8 Å². The molecule has 7 heteroatoms. The van der Waals surface area contributed by atoms with Crippen LogP contribution in [0.25, 0.3) is 16.5 Å². The number of hydrogen-bond acceptors (Lipinski definition) is 7. The molecular weight excluding hydrogens is 474 g/mol. The Kier molecular flexibility index (Phi) is 19.3. The van der Waals surface area contributed by atoms with Crippen LogP contribution in [0.3, 0.4) is 0 Å². The maximum absolute atomic E-state index is 9.83. The van der Waals surface area contributed by atoms with E-state index in [0.717, 1.165) is 52.7 Å². The Balaban J connectivity index is 0.000000681. The summed E-state index contributed by atoms with van der Waals surface area (Å²) in [5.41, 5.74) is 3.91. The Bertz CT molecular complexity index is 1130. The zero-order valence-electron chi connectivity index (χ0n) is 24.0. The largest absolute Gasteiger partial charge is 0.385 e. The standard InChI is InChI=1S/C17H17N3O.C9H16N2.C3H6O.C2H6/c1-11-7-8-14-15(9-11)19-16(20-17(14)18-2)12-5-3-4-6-13(21)10-12;1-4-6-11-8-9(2)5-7-10-3;1-2-3-4;1-2/h3-10,13,21H,1-2H3,(H,18,19,20);4,6,8,10H,2,5,7H2,1,3H3;3H,2H2,1H3;1-2H3/b;6-4-,11-8?;;. The van der Waals surface area contributed by atoms with Crippen LogP contribution < -0.4 is 10.6 Å². The number of hydrogen-bond donors (Lipinski definition) is 3. The molecule has 0 saturated heterocycles. The molecule has 0 bridgehead atoms. The summed E-state index contributed by atoms with van der Waals surface area (Å²) in [6.07, 6.45) is 16.3. The van der Waals surface area contributed by atoms with Crippen molar-refractivity contribution in [1.29, 1.82) is 0 Å². The first-order chi connectivity index (χ1) is 18.4. The Morgan fingerprint density at radius 2 is 1.92 bits per heavy atom. The molecule has 1 heterocycles. The van der Waals surface area contributed by atoms with Gasteiger partial charge in [0.15, 0.2) is 5.82 Å². The summed E-state index contributed by atoms with van der Waals surface area (Å²) in [5.74, 6) is 1.40. The molecule has 1 aliphatic rings. The smallest absolute Gasteiger partial charge is 0.161 e. The molecule has 0 radical (unpaired) electrons. The van der Waals surface area contributed by atoms with Gasteiger partial charge in [0.2, 0.25) is 0 Å². The molecule has 1 aromatic carbocycles. The molecular formula is C31H45N5O2. The van der Waals surface area contributed by atoms with E-state index in [2.05, 4.69) is 32.2 Å². The highest BCUT2D eigenvalue weighted by Gasteiger charge is 2.11. The normalized spacial score (nSPS) is 13.9. The summed E-state index contributed by atoms with van der Waals surface area (Å²) in [6.45, 7) is 14.6. The summed E-state index contributed by atoms with van der Waals surface area (Å²) in [6, 6.07) is 6.11. The zero-order chi connectivity index (χ0) is 28.8. The van der Waals surface area contributed by atoms with Crippen LogP contribution in [0.5, 0.6) is 0 Å². The van der Waals surface area contributed by atoms with Gasteiger partial charge < -0.3 is 20.5 Å². The minimum atomic E-state index is -0.621. The maximum Gasteiger partial charge on any atom is 0.161 e. The number of rotatable bonds is 8. The maximum atomic E-state index is 9.83. The van der Waals surface area contributed by atoms with Crippen molar-refractivity contribution in [2.75, 3.05) is 26.0 Å². The van der Waals surface area contributed by atoms with Crippen molar-refractivity contribution >= 4 is 34.8 Å². The molecule has 1 aliphatic carbocycles. The predicted octanol–water partition coefficient (Wildman–Crippen LogP) is 6.23. The van der Waals surface area contributed by atoms with Gasteiger partial charge in [-0.2, -0.15) is 0 Å². The Hall–Kier alpha value is -3.68. The monoisotopic (exact) mass is 519 g/mol. The van der Waals surface area contributed by atoms with Gasteiger partial charge in [-0.3, -0.25) is 4.99 Å². The highest BCUT2D eigenvalue weighted by Crippen LogP contribution is 2.25. The van der Waals surface area contributed by atoms with E-state index in [1.54, 1.807) is 24.6 Å². The fourth-order valence-electron chi connectivity index (χ4n) is 2.93. The van der Waals surface area contributed by atoms with Gasteiger partial charge in [-0.15, -0.1) is 0 Å². The Morgan fingerprint density at radius 1 is 1.21 bits per heavy atom. The highest BCUT2D eigenvalue weighted by molar-refractivity contribution is 5.91. The number of carbonyl (C=O) groups excluding carboxylic acids is 1. The Labute approximate surface area is 228 Å². The highest BCUT2D eigenvalue weighted by atomic mass is 16.3. The van der Waals surface area contributed by atoms with Crippen molar-refractivity contribution in [2.45, 2.75) is 53.6 Å². The predicted molar refractivity (Wildman–Crippen MR) is 165 cm³/mol. The van der Waals surface area contributed by atoms with Crippen molar-refractivity contribution in [3.8, 4) is 0 Å². The van der Waals surface area contributed by atoms with Crippen LogP contribution in [0.1, 0.15) is 51.9 Å². The van der Waals surface area contributed by atoms with Crippen LogP contribution in [-0.4, -0.2) is 54.3 Å². The Morgan fingerprint density at radius 3 is 2.53 bits per heavy atom. The first-order valence-corrected chi connectivity index (χ1v) is 13.0. The molecule has 0 amide bonds. The number of fused-ring (bicyclic) bond motifs is 1. The number of aromatic nitrogens is 2. The molecule has 0 spiro atoms. The topological polar surface area (TPSA) is 99.5 Å². The average Bonchev–Trinajstić information content (AvgIpc) is 3.17. The van der Waals surface area contributed by atoms with Gasteiger partial charge in [-0.1, -0.05) is 63.8 Å². The van der Waals surface area contributed by atoms with E-state index in [9.17, 15) is 9.90 Å². The van der Waals surface area contributed by atoms with Gasteiger partial charge in [-0.25, -0.2) is 9.97 Å². The van der Waals surface area contributed by atoms with E-state index in [1.807, 2.05) is 91.2 Å². The molecule has 1 unspecified atom stereocenters. The van der Waals surface area contributed by atoms with Crippen molar-refractivity contribution in [3.63, 3.8) is 0 Å². The first-order valence-electron chi connectivity index (χ1n) is 13.0. The number of anilines is 1. The summed E-state index contributed by atoms with van der Waals surface area (Å²) >= 11 is 0. The van der Waals surface area contributed by atoms with E-state index in [0.29, 0.717) is 12.2 Å².